The molecule has 3 N–H and O–H groups in total. The summed E-state index contributed by atoms with van der Waals surface area (Å²) in [6.45, 7) is 1.85. The summed E-state index contributed by atoms with van der Waals surface area (Å²) in [6, 6.07) is 0. The molecule has 14 heavy (non-hydrogen) atoms. The number of fused-ring (bicyclic) bond motifs is 1. The molecule has 0 atom stereocenters. The van der Waals surface area contributed by atoms with Gasteiger partial charge in [-0.3, -0.25) is 9.78 Å². The van der Waals surface area contributed by atoms with E-state index in [1.807, 2.05) is 6.92 Å². The van der Waals surface area contributed by atoms with Crippen LogP contribution in [0.1, 0.15) is 5.56 Å². The van der Waals surface area contributed by atoms with E-state index >= 15 is 0 Å². The van der Waals surface area contributed by atoms with E-state index in [0.29, 0.717) is 17.2 Å². The minimum atomic E-state index is -0.136. The zero-order valence-corrected chi connectivity index (χ0v) is 8.57. The normalized spacial score (nSPS) is 10.7. The number of nitrogen functional groups attached to an aromatic ring is 1. The summed E-state index contributed by atoms with van der Waals surface area (Å²) in [5, 5.41) is 0. The zero-order chi connectivity index (χ0) is 10.3. The maximum Gasteiger partial charge on any atom is 0.306 e. The lowest BCUT2D eigenvalue weighted by molar-refractivity contribution is 0.413. The van der Waals surface area contributed by atoms with Crippen LogP contribution in [0, 0.1) is 6.92 Å². The molecule has 74 valence electrons. The van der Waals surface area contributed by atoms with Crippen LogP contribution in [0.15, 0.2) is 4.79 Å². The predicted molar refractivity (Wildman–Crippen MR) is 55.9 cm³/mol. The van der Waals surface area contributed by atoms with E-state index in [0.717, 1.165) is 21.6 Å². The molecule has 0 amide bonds. The van der Waals surface area contributed by atoms with Crippen LogP contribution in [0.5, 0.6) is 5.75 Å². The molecule has 5 nitrogen and oxygen atoms in total. The second kappa shape index (κ2) is 2.98. The topological polar surface area (TPSA) is 81.0 Å². The number of H-pyrrole nitrogens is 1. The van der Waals surface area contributed by atoms with Gasteiger partial charge in [0, 0.05) is 5.56 Å². The van der Waals surface area contributed by atoms with E-state index in [1.54, 1.807) is 0 Å². The number of methoxy groups -OCH3 is 1. The Bertz CT molecular complexity index is 543. The first kappa shape index (κ1) is 9.01. The van der Waals surface area contributed by atoms with Gasteiger partial charge in [0.15, 0.2) is 17.2 Å². The van der Waals surface area contributed by atoms with Gasteiger partial charge < -0.3 is 10.5 Å². The van der Waals surface area contributed by atoms with Crippen LogP contribution in [0.25, 0.3) is 10.3 Å². The molecule has 0 saturated carbocycles. The number of aryl methyl sites for hydroxylation is 1. The first-order valence-corrected chi connectivity index (χ1v) is 4.78. The van der Waals surface area contributed by atoms with Crippen molar-refractivity contribution in [3.8, 4) is 5.75 Å². The number of ether oxygens (including phenoxy) is 1. The highest BCUT2D eigenvalue weighted by Crippen LogP contribution is 2.30. The van der Waals surface area contributed by atoms with Gasteiger partial charge in [0.25, 0.3) is 0 Å². The Labute approximate surface area is 83.5 Å². The lowest BCUT2D eigenvalue weighted by atomic mass is 10.2. The monoisotopic (exact) mass is 211 g/mol. The lowest BCUT2D eigenvalue weighted by Gasteiger charge is -2.06. The minimum absolute atomic E-state index is 0.136. The number of aromatic nitrogens is 2. The summed E-state index contributed by atoms with van der Waals surface area (Å²) in [4.78, 5) is 17.6. The average molecular weight is 211 g/mol. The summed E-state index contributed by atoms with van der Waals surface area (Å²) in [5.41, 5.74) is 7.02. The third kappa shape index (κ3) is 1.15. The summed E-state index contributed by atoms with van der Waals surface area (Å²) in [6.07, 6.45) is 0. The highest BCUT2D eigenvalue weighted by molar-refractivity contribution is 7.16. The molecule has 2 rings (SSSR count). The number of aromatic amines is 1. The van der Waals surface area contributed by atoms with Gasteiger partial charge in [-0.2, -0.15) is 0 Å². The molecule has 2 heterocycles. The van der Waals surface area contributed by atoms with Gasteiger partial charge in [0.1, 0.15) is 0 Å². The van der Waals surface area contributed by atoms with Gasteiger partial charge >= 0.3 is 4.87 Å². The van der Waals surface area contributed by atoms with Crippen LogP contribution in [-0.2, 0) is 0 Å². The number of hydrogen-bond donors (Lipinski definition) is 2. The molecule has 0 bridgehead atoms. The molecule has 0 aliphatic rings. The van der Waals surface area contributed by atoms with Crippen LogP contribution < -0.4 is 15.3 Å². The van der Waals surface area contributed by atoms with Crippen molar-refractivity contribution in [3.05, 3.63) is 15.2 Å². The number of nitrogens with two attached hydrogens (primary N) is 1. The standard InChI is InChI=1S/C8H9N3O2S/c1-3-4(13-2)6(9)10-7-5(3)14-8(12)11-7/h1-2H3,(H3,9,10,11,12). The van der Waals surface area contributed by atoms with E-state index in [9.17, 15) is 4.79 Å². The van der Waals surface area contributed by atoms with E-state index in [-0.39, 0.29) is 4.87 Å². The molecule has 2 aromatic rings. The van der Waals surface area contributed by atoms with Crippen molar-refractivity contribution >= 4 is 27.5 Å². The molecule has 0 aromatic carbocycles. The molecule has 0 aliphatic heterocycles. The molecule has 0 aliphatic carbocycles. The van der Waals surface area contributed by atoms with Gasteiger partial charge in [-0.15, -0.1) is 0 Å². The largest absolute Gasteiger partial charge is 0.493 e. The number of rotatable bonds is 1. The predicted octanol–water partition coefficient (Wildman–Crippen LogP) is 0.884. The van der Waals surface area contributed by atoms with Crippen molar-refractivity contribution in [2.75, 3.05) is 12.8 Å². The summed E-state index contributed by atoms with van der Waals surface area (Å²) >= 11 is 1.11. The highest BCUT2D eigenvalue weighted by atomic mass is 32.1. The van der Waals surface area contributed by atoms with Crippen LogP contribution >= 0.6 is 11.3 Å². The van der Waals surface area contributed by atoms with E-state index < -0.39 is 0 Å². The van der Waals surface area contributed by atoms with E-state index in [4.69, 9.17) is 10.5 Å². The van der Waals surface area contributed by atoms with Crippen molar-refractivity contribution in [2.45, 2.75) is 6.92 Å². The molecule has 0 radical (unpaired) electrons. The third-order valence-corrected chi connectivity index (χ3v) is 2.97. The second-order valence-electron chi connectivity index (χ2n) is 2.85. The van der Waals surface area contributed by atoms with Gasteiger partial charge in [-0.05, 0) is 6.92 Å². The Balaban J connectivity index is 2.91. The number of nitrogens with one attached hydrogen (secondary N) is 1. The van der Waals surface area contributed by atoms with E-state index in [1.165, 1.54) is 7.11 Å². The molecular formula is C8H9N3O2S. The molecule has 2 aromatic heterocycles. The van der Waals surface area contributed by atoms with Crippen molar-refractivity contribution in [2.24, 2.45) is 0 Å². The summed E-state index contributed by atoms with van der Waals surface area (Å²) < 4.78 is 5.89. The number of thiazole rings is 1. The maximum absolute atomic E-state index is 11.1. The lowest BCUT2D eigenvalue weighted by Crippen LogP contribution is -1.99. The minimum Gasteiger partial charge on any atom is -0.493 e. The number of pyridine rings is 1. The molecule has 6 heteroatoms. The van der Waals surface area contributed by atoms with Crippen LogP contribution in [0.4, 0.5) is 5.82 Å². The Morgan fingerprint density at radius 3 is 2.93 bits per heavy atom. The van der Waals surface area contributed by atoms with Crippen LogP contribution in [0.3, 0.4) is 0 Å². The maximum atomic E-state index is 11.1. The number of anilines is 1. The third-order valence-electron chi connectivity index (χ3n) is 1.98. The van der Waals surface area contributed by atoms with Crippen molar-refractivity contribution in [3.63, 3.8) is 0 Å². The Kier molecular flexibility index (Phi) is 1.92. The second-order valence-corrected chi connectivity index (χ2v) is 3.83. The van der Waals surface area contributed by atoms with Gasteiger partial charge in [-0.1, -0.05) is 11.3 Å². The molecule has 0 spiro atoms. The van der Waals surface area contributed by atoms with Crippen LogP contribution in [0.2, 0.25) is 0 Å². The first-order chi connectivity index (χ1) is 6.63. The fourth-order valence-electron chi connectivity index (χ4n) is 1.38. The fourth-order valence-corrected chi connectivity index (χ4v) is 2.15. The number of nitrogens with zero attached hydrogens (tertiary/aromatic N) is 1. The quantitative estimate of drug-likeness (QED) is 0.733. The molecule has 0 fully saturated rings. The van der Waals surface area contributed by atoms with E-state index in [2.05, 4.69) is 9.97 Å². The van der Waals surface area contributed by atoms with Crippen molar-refractivity contribution in [1.29, 1.82) is 0 Å². The summed E-state index contributed by atoms with van der Waals surface area (Å²) in [7, 11) is 1.53. The average Bonchev–Trinajstić information content (AvgIpc) is 2.47. The smallest absolute Gasteiger partial charge is 0.306 e. The van der Waals surface area contributed by atoms with Gasteiger partial charge in [0.05, 0.1) is 11.8 Å². The summed E-state index contributed by atoms with van der Waals surface area (Å²) in [5.74, 6) is 0.833. The molecular weight excluding hydrogens is 202 g/mol. The zero-order valence-electron chi connectivity index (χ0n) is 7.75. The Morgan fingerprint density at radius 2 is 2.29 bits per heavy atom. The van der Waals surface area contributed by atoms with Crippen molar-refractivity contribution in [1.82, 2.24) is 9.97 Å². The highest BCUT2D eigenvalue weighted by Gasteiger charge is 2.12. The molecule has 0 saturated heterocycles. The van der Waals surface area contributed by atoms with Gasteiger partial charge in [-0.25, -0.2) is 4.98 Å². The fraction of sp³-hybridized carbons (Fsp3) is 0.250. The first-order valence-electron chi connectivity index (χ1n) is 3.96. The van der Waals surface area contributed by atoms with Crippen LogP contribution in [-0.4, -0.2) is 17.1 Å². The number of hydrogen-bond acceptors (Lipinski definition) is 5. The SMILES string of the molecule is COc1c(N)nc2[nH]c(=O)sc2c1C. The van der Waals surface area contributed by atoms with Gasteiger partial charge in [0.2, 0.25) is 0 Å². The Hall–Kier alpha value is -1.56. The molecule has 0 unspecified atom stereocenters. The van der Waals surface area contributed by atoms with Crippen molar-refractivity contribution < 1.29 is 4.74 Å². The Morgan fingerprint density at radius 1 is 1.57 bits per heavy atom.